The van der Waals surface area contributed by atoms with Crippen molar-refractivity contribution >= 4 is 31.5 Å². The van der Waals surface area contributed by atoms with Crippen LogP contribution in [-0.2, 0) is 0 Å². The molecule has 2 nitrogen and oxygen atoms in total. The van der Waals surface area contributed by atoms with Crippen molar-refractivity contribution in [1.82, 2.24) is 9.97 Å². The van der Waals surface area contributed by atoms with Crippen molar-refractivity contribution in [3.05, 3.63) is 158 Å². The molecule has 0 bridgehead atoms. The third-order valence-corrected chi connectivity index (χ3v) is 9.07. The number of nitrogens with zero attached hydrogens (tertiary/aromatic N) is 2. The predicted molar refractivity (Wildman–Crippen MR) is 182 cm³/mol. The molecular weight excluding hydrogens is 541 g/mol. The summed E-state index contributed by atoms with van der Waals surface area (Å²) < 4.78 is 2.62. The quantitative estimate of drug-likeness (QED) is 0.207. The fraction of sp³-hybridized carbons (Fsp3) is 0. The molecule has 43 heavy (non-hydrogen) atoms. The monoisotopic (exact) mass is 566 g/mol. The average molecular weight is 567 g/mol. The second-order valence-electron chi connectivity index (χ2n) is 10.6. The van der Waals surface area contributed by atoms with E-state index in [2.05, 4.69) is 133 Å². The van der Waals surface area contributed by atoms with Gasteiger partial charge in [-0.2, -0.15) is 0 Å². The molecule has 0 atom stereocenters. The van der Waals surface area contributed by atoms with Crippen LogP contribution in [0.25, 0.3) is 76.3 Å². The van der Waals surface area contributed by atoms with Gasteiger partial charge in [0, 0.05) is 36.9 Å². The highest BCUT2D eigenvalue weighted by Gasteiger charge is 2.16. The second kappa shape index (κ2) is 10.8. The van der Waals surface area contributed by atoms with E-state index in [0.29, 0.717) is 5.82 Å². The van der Waals surface area contributed by atoms with Crippen LogP contribution in [0.3, 0.4) is 0 Å². The first-order chi connectivity index (χ1) is 21.3. The summed E-state index contributed by atoms with van der Waals surface area (Å²) in [6.07, 6.45) is 0. The Bertz CT molecular complexity index is 2160. The van der Waals surface area contributed by atoms with Gasteiger partial charge < -0.3 is 0 Å². The van der Waals surface area contributed by atoms with Gasteiger partial charge in [-0.05, 0) is 52.6 Å². The Kier molecular flexibility index (Phi) is 6.36. The minimum atomic E-state index is 0.715. The molecular formula is C40H26N2S. The third kappa shape index (κ3) is 4.80. The maximum Gasteiger partial charge on any atom is 0.160 e. The highest BCUT2D eigenvalue weighted by Crippen LogP contribution is 2.40. The van der Waals surface area contributed by atoms with Crippen molar-refractivity contribution < 1.29 is 0 Å². The molecule has 2 heterocycles. The van der Waals surface area contributed by atoms with Crippen LogP contribution in [0.5, 0.6) is 0 Å². The molecule has 0 fully saturated rings. The van der Waals surface area contributed by atoms with Crippen molar-refractivity contribution in [3.63, 3.8) is 0 Å². The number of hydrogen-bond acceptors (Lipinski definition) is 3. The number of rotatable bonds is 5. The van der Waals surface area contributed by atoms with Crippen molar-refractivity contribution in [2.45, 2.75) is 0 Å². The first-order valence-electron chi connectivity index (χ1n) is 14.4. The summed E-state index contributed by atoms with van der Waals surface area (Å²) in [6.45, 7) is 0. The van der Waals surface area contributed by atoms with Gasteiger partial charge in [-0.15, -0.1) is 11.3 Å². The van der Waals surface area contributed by atoms with Gasteiger partial charge in [-0.25, -0.2) is 9.97 Å². The lowest BCUT2D eigenvalue weighted by atomic mass is 9.92. The molecule has 202 valence electrons. The van der Waals surface area contributed by atoms with Gasteiger partial charge in [0.1, 0.15) is 0 Å². The zero-order chi connectivity index (χ0) is 28.6. The molecule has 0 saturated carbocycles. The highest BCUT2D eigenvalue weighted by molar-refractivity contribution is 7.25. The molecule has 0 aliphatic carbocycles. The molecule has 8 aromatic rings. The lowest BCUT2D eigenvalue weighted by Crippen LogP contribution is -1.97. The summed E-state index contributed by atoms with van der Waals surface area (Å²) in [7, 11) is 0. The fourth-order valence-corrected chi connectivity index (χ4v) is 6.86. The van der Waals surface area contributed by atoms with E-state index >= 15 is 0 Å². The van der Waals surface area contributed by atoms with Crippen molar-refractivity contribution in [1.29, 1.82) is 0 Å². The summed E-state index contributed by atoms with van der Waals surface area (Å²) in [5.41, 5.74) is 9.59. The van der Waals surface area contributed by atoms with E-state index in [9.17, 15) is 0 Å². The Hall–Kier alpha value is -5.38. The van der Waals surface area contributed by atoms with Crippen LogP contribution in [0.2, 0.25) is 0 Å². The molecule has 0 aliphatic rings. The van der Waals surface area contributed by atoms with Crippen molar-refractivity contribution in [3.8, 4) is 56.2 Å². The first-order valence-corrected chi connectivity index (χ1v) is 15.2. The zero-order valence-corrected chi connectivity index (χ0v) is 24.1. The Morgan fingerprint density at radius 3 is 1.70 bits per heavy atom. The third-order valence-electron chi connectivity index (χ3n) is 7.92. The molecule has 0 saturated heterocycles. The first kappa shape index (κ1) is 25.3. The molecule has 0 radical (unpaired) electrons. The lowest BCUT2D eigenvalue weighted by Gasteiger charge is -2.15. The van der Waals surface area contributed by atoms with Gasteiger partial charge >= 0.3 is 0 Å². The van der Waals surface area contributed by atoms with Crippen LogP contribution >= 0.6 is 11.3 Å². The number of aromatic nitrogens is 2. The smallest absolute Gasteiger partial charge is 0.160 e. The molecule has 2 aromatic heterocycles. The van der Waals surface area contributed by atoms with Gasteiger partial charge in [0.25, 0.3) is 0 Å². The van der Waals surface area contributed by atoms with Crippen molar-refractivity contribution in [2.75, 3.05) is 0 Å². The van der Waals surface area contributed by atoms with Gasteiger partial charge in [0.05, 0.1) is 11.4 Å². The van der Waals surface area contributed by atoms with E-state index in [1.54, 1.807) is 0 Å². The topological polar surface area (TPSA) is 25.8 Å². The van der Waals surface area contributed by atoms with E-state index in [0.717, 1.165) is 44.8 Å². The van der Waals surface area contributed by atoms with Crippen LogP contribution in [0, 0.1) is 0 Å². The highest BCUT2D eigenvalue weighted by atomic mass is 32.1. The van der Waals surface area contributed by atoms with Crippen LogP contribution in [0.1, 0.15) is 0 Å². The molecule has 0 amide bonds. The standard InChI is InChI=1S/C40H26N2S/c1-4-12-27(13-5-1)32-22-20-30(31-21-23-39-35(25-31)33-18-10-11-19-38(33)43-39)24-34(32)37-26-36(28-14-6-2-7-15-28)41-40(42-37)29-16-8-3-9-17-29/h1-26H. The summed E-state index contributed by atoms with van der Waals surface area (Å²) >= 11 is 1.85. The fourth-order valence-electron chi connectivity index (χ4n) is 5.77. The molecule has 3 heteroatoms. The zero-order valence-electron chi connectivity index (χ0n) is 23.3. The molecule has 6 aromatic carbocycles. The van der Waals surface area contributed by atoms with Crippen LogP contribution < -0.4 is 0 Å². The molecule has 0 spiro atoms. The Morgan fingerprint density at radius 1 is 0.349 bits per heavy atom. The maximum atomic E-state index is 5.19. The van der Waals surface area contributed by atoms with E-state index in [4.69, 9.17) is 9.97 Å². The summed E-state index contributed by atoms with van der Waals surface area (Å²) in [5, 5.41) is 2.60. The molecule has 0 unspecified atom stereocenters. The number of hydrogen-bond donors (Lipinski definition) is 0. The van der Waals surface area contributed by atoms with Crippen LogP contribution in [0.15, 0.2) is 158 Å². The SMILES string of the molecule is c1ccc(-c2cc(-c3cc(-c4ccc5sc6ccccc6c5c4)ccc3-c3ccccc3)nc(-c3ccccc3)n2)cc1. The molecule has 0 N–H and O–H groups in total. The number of fused-ring (bicyclic) bond motifs is 3. The van der Waals surface area contributed by atoms with E-state index in [-0.39, 0.29) is 0 Å². The Balaban J connectivity index is 1.36. The summed E-state index contributed by atoms with van der Waals surface area (Å²) in [5.74, 6) is 0.715. The number of thiophene rings is 1. The minimum absolute atomic E-state index is 0.715. The van der Waals surface area contributed by atoms with E-state index in [1.807, 2.05) is 35.6 Å². The predicted octanol–water partition coefficient (Wildman–Crippen LogP) is 11.2. The largest absolute Gasteiger partial charge is 0.228 e. The van der Waals surface area contributed by atoms with Crippen LogP contribution in [0.4, 0.5) is 0 Å². The lowest BCUT2D eigenvalue weighted by molar-refractivity contribution is 1.18. The molecule has 0 aliphatic heterocycles. The van der Waals surface area contributed by atoms with E-state index < -0.39 is 0 Å². The molecule has 8 rings (SSSR count). The van der Waals surface area contributed by atoms with E-state index in [1.165, 1.54) is 25.7 Å². The Morgan fingerprint density at radius 2 is 0.930 bits per heavy atom. The minimum Gasteiger partial charge on any atom is -0.228 e. The number of benzene rings is 6. The second-order valence-corrected chi connectivity index (χ2v) is 11.7. The maximum absolute atomic E-state index is 5.19. The normalized spacial score (nSPS) is 11.3. The van der Waals surface area contributed by atoms with Crippen molar-refractivity contribution in [2.24, 2.45) is 0 Å². The van der Waals surface area contributed by atoms with Gasteiger partial charge in [-0.1, -0.05) is 127 Å². The van der Waals surface area contributed by atoms with Gasteiger partial charge in [0.2, 0.25) is 0 Å². The Labute approximate surface area is 254 Å². The average Bonchev–Trinajstić information content (AvgIpc) is 3.47. The summed E-state index contributed by atoms with van der Waals surface area (Å²) in [4.78, 5) is 10.2. The summed E-state index contributed by atoms with van der Waals surface area (Å²) in [6, 6.07) is 55.6. The van der Waals surface area contributed by atoms with Gasteiger partial charge in [0.15, 0.2) is 5.82 Å². The van der Waals surface area contributed by atoms with Crippen LogP contribution in [-0.4, -0.2) is 9.97 Å². The van der Waals surface area contributed by atoms with Gasteiger partial charge in [-0.3, -0.25) is 0 Å².